The number of benzene rings is 2. The molecule has 2 rings (SSSR count). The first-order chi connectivity index (χ1) is 7.75. The van der Waals surface area contributed by atoms with Gasteiger partial charge in [0.15, 0.2) is 0 Å². The molecule has 16 heavy (non-hydrogen) atoms. The third-order valence-corrected chi connectivity index (χ3v) is 2.28. The summed E-state index contributed by atoms with van der Waals surface area (Å²) in [6, 6.07) is 14.3. The monoisotopic (exact) mass is 211 g/mol. The molecule has 0 aliphatic carbocycles. The van der Waals surface area contributed by atoms with Gasteiger partial charge in [-0.3, -0.25) is 10.4 Å². The molecule has 0 spiro atoms. The molecule has 3 N–H and O–H groups in total. The predicted octanol–water partition coefficient (Wildman–Crippen LogP) is 2.19. The second-order valence-corrected chi connectivity index (χ2v) is 3.60. The summed E-state index contributed by atoms with van der Waals surface area (Å²) in [5.41, 5.74) is 6.24. The number of fused-ring (bicyclic) bond motifs is 1. The van der Waals surface area contributed by atoms with Gasteiger partial charge in [-0.15, -0.1) is 0 Å². The van der Waals surface area contributed by atoms with E-state index in [1.54, 1.807) is 6.21 Å². The standard InChI is InChI=1S/C13H13N3/c14-13(15)9-16-8-10-5-6-11-3-1-2-4-12(11)7-10/h1-8H,9H2,(H3,14,15). The Morgan fingerprint density at radius 3 is 2.69 bits per heavy atom. The summed E-state index contributed by atoms with van der Waals surface area (Å²) in [7, 11) is 0. The van der Waals surface area contributed by atoms with E-state index < -0.39 is 0 Å². The minimum atomic E-state index is 0.0806. The van der Waals surface area contributed by atoms with Crippen LogP contribution in [0.4, 0.5) is 0 Å². The molecule has 0 fully saturated rings. The minimum absolute atomic E-state index is 0.0806. The van der Waals surface area contributed by atoms with Gasteiger partial charge in [-0.1, -0.05) is 36.4 Å². The smallest absolute Gasteiger partial charge is 0.113 e. The van der Waals surface area contributed by atoms with Gasteiger partial charge in [0.2, 0.25) is 0 Å². The highest BCUT2D eigenvalue weighted by atomic mass is 14.8. The molecule has 0 saturated heterocycles. The number of rotatable bonds is 3. The summed E-state index contributed by atoms with van der Waals surface area (Å²) in [5.74, 6) is 0.0806. The number of hydrogen-bond donors (Lipinski definition) is 2. The fraction of sp³-hybridized carbons (Fsp3) is 0.0769. The Labute approximate surface area is 94.1 Å². The first-order valence-electron chi connectivity index (χ1n) is 5.07. The topological polar surface area (TPSA) is 62.2 Å². The van der Waals surface area contributed by atoms with Crippen molar-refractivity contribution >= 4 is 22.8 Å². The highest BCUT2D eigenvalue weighted by Crippen LogP contribution is 2.14. The zero-order valence-corrected chi connectivity index (χ0v) is 8.85. The Bertz CT molecular complexity index is 544. The van der Waals surface area contributed by atoms with E-state index in [-0.39, 0.29) is 12.4 Å². The average molecular weight is 211 g/mol. The molecule has 0 aliphatic heterocycles. The lowest BCUT2D eigenvalue weighted by molar-refractivity contribution is 1.24. The van der Waals surface area contributed by atoms with Gasteiger partial charge in [0, 0.05) is 6.21 Å². The number of hydrogen-bond acceptors (Lipinski definition) is 2. The maximum absolute atomic E-state index is 7.06. The molecule has 2 aromatic carbocycles. The van der Waals surface area contributed by atoms with Crippen molar-refractivity contribution in [1.82, 2.24) is 0 Å². The summed E-state index contributed by atoms with van der Waals surface area (Å²) >= 11 is 0. The van der Waals surface area contributed by atoms with Gasteiger partial charge in [-0.2, -0.15) is 0 Å². The van der Waals surface area contributed by atoms with Crippen LogP contribution in [0.5, 0.6) is 0 Å². The fourth-order valence-electron chi connectivity index (χ4n) is 1.54. The molecule has 80 valence electrons. The number of nitrogens with zero attached hydrogens (tertiary/aromatic N) is 1. The Morgan fingerprint density at radius 2 is 1.94 bits per heavy atom. The van der Waals surface area contributed by atoms with Gasteiger partial charge in [-0.05, 0) is 22.4 Å². The van der Waals surface area contributed by atoms with Gasteiger partial charge in [0.1, 0.15) is 5.84 Å². The summed E-state index contributed by atoms with van der Waals surface area (Å²) in [4.78, 5) is 4.07. The largest absolute Gasteiger partial charge is 0.386 e. The first-order valence-corrected chi connectivity index (χ1v) is 5.07. The number of nitrogens with two attached hydrogens (primary N) is 1. The summed E-state index contributed by atoms with van der Waals surface area (Å²) in [6.07, 6.45) is 1.74. The molecule has 0 heterocycles. The van der Waals surface area contributed by atoms with E-state index in [1.807, 2.05) is 18.2 Å². The van der Waals surface area contributed by atoms with E-state index in [1.165, 1.54) is 10.8 Å². The van der Waals surface area contributed by atoms with Crippen molar-refractivity contribution in [1.29, 1.82) is 5.41 Å². The Morgan fingerprint density at radius 1 is 1.19 bits per heavy atom. The minimum Gasteiger partial charge on any atom is -0.386 e. The van der Waals surface area contributed by atoms with Gasteiger partial charge in [0.05, 0.1) is 6.54 Å². The molecule has 3 nitrogen and oxygen atoms in total. The SMILES string of the molecule is N=C(N)CN=Cc1ccc2ccccc2c1. The van der Waals surface area contributed by atoms with Crippen LogP contribution < -0.4 is 5.73 Å². The second-order valence-electron chi connectivity index (χ2n) is 3.60. The van der Waals surface area contributed by atoms with E-state index in [0.717, 1.165) is 5.56 Å². The molecule has 0 aromatic heterocycles. The van der Waals surface area contributed by atoms with Crippen LogP contribution >= 0.6 is 0 Å². The van der Waals surface area contributed by atoms with Gasteiger partial charge in [-0.25, -0.2) is 0 Å². The van der Waals surface area contributed by atoms with E-state index >= 15 is 0 Å². The lowest BCUT2D eigenvalue weighted by Crippen LogP contribution is -2.12. The van der Waals surface area contributed by atoms with Crippen molar-refractivity contribution in [3.8, 4) is 0 Å². The third kappa shape index (κ3) is 2.45. The van der Waals surface area contributed by atoms with Crippen LogP contribution in [-0.2, 0) is 0 Å². The van der Waals surface area contributed by atoms with E-state index in [0.29, 0.717) is 0 Å². The van der Waals surface area contributed by atoms with Crippen molar-refractivity contribution in [2.24, 2.45) is 10.7 Å². The molecule has 3 heteroatoms. The summed E-state index contributed by atoms with van der Waals surface area (Å²) < 4.78 is 0. The predicted molar refractivity (Wildman–Crippen MR) is 68.3 cm³/mol. The molecule has 0 bridgehead atoms. The van der Waals surface area contributed by atoms with E-state index in [2.05, 4.69) is 29.3 Å². The number of nitrogens with one attached hydrogen (secondary N) is 1. The van der Waals surface area contributed by atoms with Crippen LogP contribution in [0.1, 0.15) is 5.56 Å². The van der Waals surface area contributed by atoms with Gasteiger partial charge in [0.25, 0.3) is 0 Å². The van der Waals surface area contributed by atoms with Crippen molar-refractivity contribution in [3.63, 3.8) is 0 Å². The van der Waals surface area contributed by atoms with Crippen LogP contribution in [0.15, 0.2) is 47.5 Å². The molecule has 0 aliphatic rings. The third-order valence-electron chi connectivity index (χ3n) is 2.28. The van der Waals surface area contributed by atoms with Gasteiger partial charge < -0.3 is 5.73 Å². The van der Waals surface area contributed by atoms with Crippen LogP contribution in [0.2, 0.25) is 0 Å². The van der Waals surface area contributed by atoms with Crippen molar-refractivity contribution in [2.75, 3.05) is 6.54 Å². The van der Waals surface area contributed by atoms with Crippen molar-refractivity contribution in [2.45, 2.75) is 0 Å². The lowest BCUT2D eigenvalue weighted by atomic mass is 10.1. The average Bonchev–Trinajstić information content (AvgIpc) is 2.28. The number of amidine groups is 1. The molecule has 0 radical (unpaired) electrons. The van der Waals surface area contributed by atoms with Crippen LogP contribution in [0.3, 0.4) is 0 Å². The maximum Gasteiger partial charge on any atom is 0.113 e. The lowest BCUT2D eigenvalue weighted by Gasteiger charge is -1.98. The fourth-order valence-corrected chi connectivity index (χ4v) is 1.54. The molecule has 0 unspecified atom stereocenters. The summed E-state index contributed by atoms with van der Waals surface area (Å²) in [6.45, 7) is 0.257. The van der Waals surface area contributed by atoms with Crippen LogP contribution in [0.25, 0.3) is 10.8 Å². The highest BCUT2D eigenvalue weighted by Gasteiger charge is 1.93. The highest BCUT2D eigenvalue weighted by molar-refractivity contribution is 5.91. The molecule has 0 saturated carbocycles. The van der Waals surface area contributed by atoms with Crippen molar-refractivity contribution in [3.05, 3.63) is 48.0 Å². The Balaban J connectivity index is 2.26. The summed E-state index contributed by atoms with van der Waals surface area (Å²) in [5, 5.41) is 9.46. The van der Waals surface area contributed by atoms with Crippen molar-refractivity contribution < 1.29 is 0 Å². The molecule has 0 atom stereocenters. The zero-order valence-electron chi connectivity index (χ0n) is 8.85. The van der Waals surface area contributed by atoms with E-state index in [9.17, 15) is 0 Å². The quantitative estimate of drug-likeness (QED) is 0.593. The Kier molecular flexibility index (Phi) is 2.96. The first kappa shape index (κ1) is 10.4. The maximum atomic E-state index is 7.06. The van der Waals surface area contributed by atoms with Crippen LogP contribution in [-0.4, -0.2) is 18.6 Å². The normalized spacial score (nSPS) is 11.0. The zero-order chi connectivity index (χ0) is 11.4. The van der Waals surface area contributed by atoms with E-state index in [4.69, 9.17) is 11.1 Å². The van der Waals surface area contributed by atoms with Crippen LogP contribution in [0, 0.1) is 5.41 Å². The number of aliphatic imine (C=N–C) groups is 1. The second kappa shape index (κ2) is 4.57. The Hall–Kier alpha value is -2.16. The molecular formula is C13H13N3. The molecular weight excluding hydrogens is 198 g/mol. The molecule has 0 amide bonds. The van der Waals surface area contributed by atoms with Gasteiger partial charge >= 0.3 is 0 Å². The molecule has 2 aromatic rings.